The van der Waals surface area contributed by atoms with E-state index in [0.29, 0.717) is 22.2 Å². The second kappa shape index (κ2) is 7.13. The molecular weight excluding hydrogens is 461 g/mol. The topological polar surface area (TPSA) is 55.6 Å². The number of carbonyl (C=O) groups is 1. The molecule has 5 nitrogen and oxygen atoms in total. The van der Waals surface area contributed by atoms with Crippen molar-refractivity contribution in [2.75, 3.05) is 11.9 Å². The third-order valence-corrected chi connectivity index (χ3v) is 4.52. The van der Waals surface area contributed by atoms with Gasteiger partial charge in [-0.3, -0.25) is 9.72 Å². The van der Waals surface area contributed by atoms with Crippen LogP contribution in [0.4, 0.5) is 10.6 Å². The van der Waals surface area contributed by atoms with E-state index in [2.05, 4.69) is 42.2 Å². The molecule has 0 atom stereocenters. The van der Waals surface area contributed by atoms with E-state index in [1.165, 1.54) is 0 Å². The van der Waals surface area contributed by atoms with Gasteiger partial charge in [-0.1, -0.05) is 23.7 Å². The highest BCUT2D eigenvalue weighted by Gasteiger charge is 2.19. The summed E-state index contributed by atoms with van der Waals surface area (Å²) in [5.74, 6) is 0.521. The number of halogens is 3. The molecule has 0 aliphatic rings. The first-order valence-corrected chi connectivity index (χ1v) is 9.02. The van der Waals surface area contributed by atoms with E-state index in [-0.39, 0.29) is 6.61 Å². The molecule has 1 aromatic carbocycles. The molecule has 124 valence electrons. The van der Waals surface area contributed by atoms with Crippen molar-refractivity contribution in [3.63, 3.8) is 0 Å². The molecule has 0 saturated heterocycles. The summed E-state index contributed by atoms with van der Waals surface area (Å²) in [4.78, 5) is 16.6. The molecule has 0 unspecified atom stereocenters. The van der Waals surface area contributed by atoms with Crippen LogP contribution in [0.15, 0.2) is 45.5 Å². The monoisotopic (exact) mass is 471 g/mol. The Morgan fingerprint density at radius 2 is 2.04 bits per heavy atom. The number of benzene rings is 1. The van der Waals surface area contributed by atoms with E-state index < -0.39 is 6.09 Å². The standard InChI is InChI=1S/C16H12Br2ClN3O2/c1-2-24-16(23)21-15-13(9-3-5-11(19)6-4-9)20-14-12(18)7-10(17)8-22(14)15/h3-8H,2H2,1H3,(H,21,23). The normalized spacial score (nSPS) is 10.8. The molecular formula is C16H12Br2ClN3O2. The highest BCUT2D eigenvalue weighted by molar-refractivity contribution is 9.11. The van der Waals surface area contributed by atoms with E-state index in [1.807, 2.05) is 24.4 Å². The Morgan fingerprint density at radius 3 is 2.71 bits per heavy atom. The van der Waals surface area contributed by atoms with Crippen LogP contribution in [0.2, 0.25) is 5.02 Å². The molecule has 1 N–H and O–H groups in total. The Morgan fingerprint density at radius 1 is 1.33 bits per heavy atom. The van der Waals surface area contributed by atoms with Gasteiger partial charge in [-0.05, 0) is 57.0 Å². The summed E-state index contributed by atoms with van der Waals surface area (Å²) in [5, 5.41) is 3.40. The van der Waals surface area contributed by atoms with Crippen LogP contribution in [-0.4, -0.2) is 22.1 Å². The molecule has 2 aromatic heterocycles. The molecule has 1 amide bonds. The summed E-state index contributed by atoms with van der Waals surface area (Å²) in [5.41, 5.74) is 2.13. The van der Waals surface area contributed by atoms with Gasteiger partial charge < -0.3 is 4.74 Å². The lowest BCUT2D eigenvalue weighted by Crippen LogP contribution is -2.15. The van der Waals surface area contributed by atoms with Crippen molar-refractivity contribution in [1.29, 1.82) is 0 Å². The van der Waals surface area contributed by atoms with Crippen LogP contribution in [-0.2, 0) is 4.74 Å². The molecule has 0 radical (unpaired) electrons. The van der Waals surface area contributed by atoms with Crippen molar-refractivity contribution in [2.24, 2.45) is 0 Å². The van der Waals surface area contributed by atoms with Crippen molar-refractivity contribution in [3.8, 4) is 11.3 Å². The third kappa shape index (κ3) is 3.43. The van der Waals surface area contributed by atoms with Crippen LogP contribution in [0.25, 0.3) is 16.9 Å². The number of nitrogens with one attached hydrogen (secondary N) is 1. The third-order valence-electron chi connectivity index (χ3n) is 3.26. The number of hydrogen-bond donors (Lipinski definition) is 1. The maximum Gasteiger partial charge on any atom is 0.412 e. The molecule has 3 aromatic rings. The van der Waals surface area contributed by atoms with E-state index in [0.717, 1.165) is 14.5 Å². The van der Waals surface area contributed by atoms with Gasteiger partial charge in [0.1, 0.15) is 11.5 Å². The van der Waals surface area contributed by atoms with Gasteiger partial charge in [0.15, 0.2) is 5.65 Å². The lowest BCUT2D eigenvalue weighted by atomic mass is 10.1. The second-order valence-corrected chi connectivity index (χ2v) is 7.07. The number of fused-ring (bicyclic) bond motifs is 1. The molecule has 0 spiro atoms. The predicted molar refractivity (Wildman–Crippen MR) is 102 cm³/mol. The fraction of sp³-hybridized carbons (Fsp3) is 0.125. The minimum absolute atomic E-state index is 0.284. The zero-order valence-electron chi connectivity index (χ0n) is 12.5. The van der Waals surface area contributed by atoms with E-state index in [4.69, 9.17) is 16.3 Å². The largest absolute Gasteiger partial charge is 0.450 e. The number of ether oxygens (including phenoxy) is 1. The zero-order valence-corrected chi connectivity index (χ0v) is 16.4. The van der Waals surface area contributed by atoms with Crippen LogP contribution in [0.1, 0.15) is 6.92 Å². The maximum atomic E-state index is 11.9. The molecule has 0 aliphatic heterocycles. The van der Waals surface area contributed by atoms with Gasteiger partial charge in [0, 0.05) is 21.3 Å². The fourth-order valence-electron chi connectivity index (χ4n) is 2.27. The number of amides is 1. The molecule has 2 heterocycles. The quantitative estimate of drug-likeness (QED) is 0.527. The molecule has 8 heteroatoms. The molecule has 0 bridgehead atoms. The van der Waals surface area contributed by atoms with Gasteiger partial charge >= 0.3 is 6.09 Å². The number of carbonyl (C=O) groups excluding carboxylic acids is 1. The van der Waals surface area contributed by atoms with Crippen LogP contribution in [0.5, 0.6) is 0 Å². The Labute approximate surface area is 160 Å². The molecule has 0 fully saturated rings. The smallest absolute Gasteiger partial charge is 0.412 e. The first-order chi connectivity index (χ1) is 11.5. The second-order valence-electron chi connectivity index (χ2n) is 4.86. The van der Waals surface area contributed by atoms with Crippen molar-refractivity contribution in [1.82, 2.24) is 9.38 Å². The number of pyridine rings is 1. The Kier molecular flexibility index (Phi) is 5.12. The predicted octanol–water partition coefficient (Wildman–Crippen LogP) is 5.75. The number of imidazole rings is 1. The van der Waals surface area contributed by atoms with Crippen LogP contribution >= 0.6 is 43.5 Å². The van der Waals surface area contributed by atoms with Crippen LogP contribution < -0.4 is 5.32 Å². The molecule has 3 rings (SSSR count). The minimum Gasteiger partial charge on any atom is -0.450 e. The highest BCUT2D eigenvalue weighted by atomic mass is 79.9. The van der Waals surface area contributed by atoms with Crippen LogP contribution in [0.3, 0.4) is 0 Å². The van der Waals surface area contributed by atoms with Crippen molar-refractivity contribution in [2.45, 2.75) is 6.92 Å². The summed E-state index contributed by atoms with van der Waals surface area (Å²) in [6.07, 6.45) is 1.29. The van der Waals surface area contributed by atoms with Crippen molar-refractivity contribution >= 4 is 61.0 Å². The molecule has 24 heavy (non-hydrogen) atoms. The van der Waals surface area contributed by atoms with E-state index >= 15 is 0 Å². The van der Waals surface area contributed by atoms with Gasteiger partial charge in [0.05, 0.1) is 11.1 Å². The number of hydrogen-bond acceptors (Lipinski definition) is 3. The summed E-state index contributed by atoms with van der Waals surface area (Å²) in [7, 11) is 0. The number of aromatic nitrogens is 2. The molecule has 0 aliphatic carbocycles. The minimum atomic E-state index is -0.536. The number of anilines is 1. The van der Waals surface area contributed by atoms with Gasteiger partial charge in [-0.25, -0.2) is 9.78 Å². The Bertz CT molecular complexity index is 910. The lowest BCUT2D eigenvalue weighted by molar-refractivity contribution is 0.168. The average Bonchev–Trinajstić information content (AvgIpc) is 2.87. The average molecular weight is 474 g/mol. The Hall–Kier alpha value is -1.57. The van der Waals surface area contributed by atoms with Crippen LogP contribution in [0, 0.1) is 0 Å². The number of nitrogens with zero attached hydrogens (tertiary/aromatic N) is 2. The van der Waals surface area contributed by atoms with Gasteiger partial charge in [-0.15, -0.1) is 0 Å². The van der Waals surface area contributed by atoms with Crippen molar-refractivity contribution in [3.05, 3.63) is 50.5 Å². The Balaban J connectivity index is 2.21. The summed E-state index contributed by atoms with van der Waals surface area (Å²) in [6.45, 7) is 2.04. The maximum absolute atomic E-state index is 11.9. The van der Waals surface area contributed by atoms with Crippen molar-refractivity contribution < 1.29 is 9.53 Å². The SMILES string of the molecule is CCOC(=O)Nc1c(-c2ccc(Cl)cc2)nc2c(Br)cc(Br)cn12. The first-order valence-electron chi connectivity index (χ1n) is 7.06. The van der Waals surface area contributed by atoms with Gasteiger partial charge in [0.25, 0.3) is 0 Å². The highest BCUT2D eigenvalue weighted by Crippen LogP contribution is 2.33. The zero-order chi connectivity index (χ0) is 17.3. The molecule has 0 saturated carbocycles. The fourth-order valence-corrected chi connectivity index (χ4v) is 3.66. The summed E-state index contributed by atoms with van der Waals surface area (Å²) < 4.78 is 8.42. The lowest BCUT2D eigenvalue weighted by Gasteiger charge is -2.08. The van der Waals surface area contributed by atoms with Gasteiger partial charge in [-0.2, -0.15) is 0 Å². The first kappa shape index (κ1) is 17.3. The summed E-state index contributed by atoms with van der Waals surface area (Å²) in [6, 6.07) is 9.15. The van der Waals surface area contributed by atoms with E-state index in [9.17, 15) is 4.79 Å². The van der Waals surface area contributed by atoms with E-state index in [1.54, 1.807) is 23.5 Å². The summed E-state index contributed by atoms with van der Waals surface area (Å²) >= 11 is 12.9. The number of rotatable bonds is 3. The van der Waals surface area contributed by atoms with Gasteiger partial charge in [0.2, 0.25) is 0 Å².